The third kappa shape index (κ3) is 3.56. The van der Waals surface area contributed by atoms with Crippen molar-refractivity contribution in [1.82, 2.24) is 14.2 Å². The van der Waals surface area contributed by atoms with Crippen LogP contribution >= 0.6 is 0 Å². The number of pyridine rings is 1. The quantitative estimate of drug-likeness (QED) is 0.843. The molecule has 1 aromatic carbocycles. The Morgan fingerprint density at radius 1 is 1.11 bits per heavy atom. The molecule has 2 aromatic rings. The maximum absolute atomic E-state index is 12.7. The molecular weight excluding hydrogens is 370 g/mol. The van der Waals surface area contributed by atoms with Crippen molar-refractivity contribution >= 4 is 21.9 Å². The molecule has 0 spiro atoms. The summed E-state index contributed by atoms with van der Waals surface area (Å²) in [6, 6.07) is 9.30. The van der Waals surface area contributed by atoms with Gasteiger partial charge in [0.2, 0.25) is 10.0 Å². The Morgan fingerprint density at radius 2 is 1.78 bits per heavy atom. The molecule has 8 nitrogen and oxygen atoms in total. The third-order valence-electron chi connectivity index (χ3n) is 4.46. The second kappa shape index (κ2) is 7.09. The van der Waals surface area contributed by atoms with Crippen LogP contribution in [-0.2, 0) is 23.0 Å². The summed E-state index contributed by atoms with van der Waals surface area (Å²) in [4.78, 5) is 29.5. The van der Waals surface area contributed by atoms with Gasteiger partial charge in [-0.3, -0.25) is 4.79 Å². The van der Waals surface area contributed by atoms with Crippen molar-refractivity contribution in [3.63, 3.8) is 0 Å². The molecule has 27 heavy (non-hydrogen) atoms. The Balaban J connectivity index is 1.90. The Labute approximate surface area is 157 Å². The lowest BCUT2D eigenvalue weighted by Crippen LogP contribution is -2.37. The Bertz CT molecular complexity index is 1020. The summed E-state index contributed by atoms with van der Waals surface area (Å²) >= 11 is 0. The molecule has 1 amide bonds. The minimum atomic E-state index is -3.57. The van der Waals surface area contributed by atoms with Crippen LogP contribution in [0.2, 0.25) is 0 Å². The number of carboxylic acid groups (broad SMARTS) is 1. The normalized spacial score (nSPS) is 14.1. The van der Waals surface area contributed by atoms with E-state index >= 15 is 0 Å². The van der Waals surface area contributed by atoms with Gasteiger partial charge in [-0.05, 0) is 35.7 Å². The standard InChI is InChI=1S/C18H19N3O5S/c1-20(2)27(25,26)16-8-3-5-12-11-21(10-9-13(12)16)17(22)14-6-4-7-15(19-14)18(23)24/h3-8H,9-11H2,1-2H3,(H,23,24). The second-order valence-electron chi connectivity index (χ2n) is 6.37. The van der Waals surface area contributed by atoms with Crippen LogP contribution in [0, 0.1) is 0 Å². The summed E-state index contributed by atoms with van der Waals surface area (Å²) in [5, 5.41) is 9.03. The average molecular weight is 389 g/mol. The van der Waals surface area contributed by atoms with Crippen LogP contribution in [0.1, 0.15) is 32.1 Å². The number of hydrogen-bond acceptors (Lipinski definition) is 5. The van der Waals surface area contributed by atoms with E-state index in [1.54, 1.807) is 23.1 Å². The molecule has 0 unspecified atom stereocenters. The summed E-state index contributed by atoms with van der Waals surface area (Å²) < 4.78 is 26.2. The highest BCUT2D eigenvalue weighted by Crippen LogP contribution is 2.27. The number of amides is 1. The minimum absolute atomic E-state index is 0.0513. The summed E-state index contributed by atoms with van der Waals surface area (Å²) in [7, 11) is -0.610. The molecule has 1 aromatic heterocycles. The van der Waals surface area contributed by atoms with Crippen LogP contribution in [0.5, 0.6) is 0 Å². The molecule has 0 aliphatic carbocycles. The van der Waals surface area contributed by atoms with Crippen molar-refractivity contribution in [3.05, 3.63) is 58.9 Å². The van der Waals surface area contributed by atoms with Gasteiger partial charge in [0.05, 0.1) is 4.90 Å². The van der Waals surface area contributed by atoms with E-state index in [0.717, 1.165) is 5.56 Å². The Morgan fingerprint density at radius 3 is 2.44 bits per heavy atom. The van der Waals surface area contributed by atoms with Crippen LogP contribution in [0.15, 0.2) is 41.3 Å². The molecular formula is C18H19N3O5S. The van der Waals surface area contributed by atoms with Gasteiger partial charge in [-0.2, -0.15) is 0 Å². The minimum Gasteiger partial charge on any atom is -0.477 e. The molecule has 0 atom stereocenters. The third-order valence-corrected chi connectivity index (χ3v) is 6.36. The van der Waals surface area contributed by atoms with E-state index in [1.807, 2.05) is 0 Å². The number of aromatic carboxylic acids is 1. The smallest absolute Gasteiger partial charge is 0.354 e. The first kappa shape index (κ1) is 19.0. The molecule has 0 saturated heterocycles. The van der Waals surface area contributed by atoms with Crippen molar-refractivity contribution in [2.45, 2.75) is 17.9 Å². The fourth-order valence-corrected chi connectivity index (χ4v) is 4.21. The summed E-state index contributed by atoms with van der Waals surface area (Å²) in [6.07, 6.45) is 0.392. The zero-order valence-corrected chi connectivity index (χ0v) is 15.7. The lowest BCUT2D eigenvalue weighted by atomic mass is 9.99. The fraction of sp³-hybridized carbons (Fsp3) is 0.278. The summed E-state index contributed by atoms with van der Waals surface area (Å²) in [6.45, 7) is 0.564. The van der Waals surface area contributed by atoms with Crippen LogP contribution in [0.3, 0.4) is 0 Å². The predicted molar refractivity (Wildman–Crippen MR) is 97.0 cm³/mol. The van der Waals surface area contributed by atoms with Gasteiger partial charge in [-0.25, -0.2) is 22.5 Å². The van der Waals surface area contributed by atoms with E-state index in [-0.39, 0.29) is 28.7 Å². The Hall–Kier alpha value is -2.78. The van der Waals surface area contributed by atoms with Gasteiger partial charge < -0.3 is 10.0 Å². The zero-order chi connectivity index (χ0) is 19.8. The first-order chi connectivity index (χ1) is 12.7. The highest BCUT2D eigenvalue weighted by atomic mass is 32.2. The molecule has 1 aliphatic rings. The van der Waals surface area contributed by atoms with Gasteiger partial charge in [-0.1, -0.05) is 18.2 Å². The number of nitrogens with zero attached hydrogens (tertiary/aromatic N) is 3. The van der Waals surface area contributed by atoms with Gasteiger partial charge in [0, 0.05) is 27.2 Å². The zero-order valence-electron chi connectivity index (χ0n) is 14.9. The molecule has 1 aliphatic heterocycles. The number of carbonyl (C=O) groups is 2. The molecule has 142 valence electrons. The van der Waals surface area contributed by atoms with Crippen molar-refractivity contribution in [1.29, 1.82) is 0 Å². The first-order valence-electron chi connectivity index (χ1n) is 8.24. The van der Waals surface area contributed by atoms with E-state index < -0.39 is 16.0 Å². The number of rotatable bonds is 4. The molecule has 0 fully saturated rings. The number of aromatic nitrogens is 1. The summed E-state index contributed by atoms with van der Waals surface area (Å²) in [5.74, 6) is -1.59. The number of fused-ring (bicyclic) bond motifs is 1. The molecule has 3 rings (SSSR count). The van der Waals surface area contributed by atoms with Crippen LogP contribution in [-0.4, -0.2) is 60.2 Å². The van der Waals surface area contributed by atoms with Crippen molar-refractivity contribution in [2.24, 2.45) is 0 Å². The lowest BCUT2D eigenvalue weighted by Gasteiger charge is -2.30. The van der Waals surface area contributed by atoms with Crippen molar-refractivity contribution in [2.75, 3.05) is 20.6 Å². The molecule has 2 heterocycles. The highest BCUT2D eigenvalue weighted by Gasteiger charge is 2.28. The lowest BCUT2D eigenvalue weighted by molar-refractivity contribution is 0.0689. The van der Waals surface area contributed by atoms with E-state index in [1.165, 1.54) is 36.6 Å². The number of hydrogen-bond donors (Lipinski definition) is 1. The van der Waals surface area contributed by atoms with Gasteiger partial charge >= 0.3 is 5.97 Å². The predicted octanol–water partition coefficient (Wildman–Crippen LogP) is 1.23. The van der Waals surface area contributed by atoms with Gasteiger partial charge in [-0.15, -0.1) is 0 Å². The molecule has 0 bridgehead atoms. The van der Waals surface area contributed by atoms with Crippen LogP contribution in [0.4, 0.5) is 0 Å². The largest absolute Gasteiger partial charge is 0.477 e. The summed E-state index contributed by atoms with van der Waals surface area (Å²) in [5.41, 5.74) is 1.32. The van der Waals surface area contributed by atoms with E-state index in [4.69, 9.17) is 5.11 Å². The van der Waals surface area contributed by atoms with Gasteiger partial charge in [0.1, 0.15) is 11.4 Å². The number of sulfonamides is 1. The maximum atomic E-state index is 12.7. The Kier molecular flexibility index (Phi) is 4.99. The highest BCUT2D eigenvalue weighted by molar-refractivity contribution is 7.89. The van der Waals surface area contributed by atoms with E-state index in [2.05, 4.69) is 4.98 Å². The maximum Gasteiger partial charge on any atom is 0.354 e. The van der Waals surface area contributed by atoms with Gasteiger partial charge in [0.25, 0.3) is 5.91 Å². The first-order valence-corrected chi connectivity index (χ1v) is 9.68. The second-order valence-corrected chi connectivity index (χ2v) is 8.49. The average Bonchev–Trinajstić information content (AvgIpc) is 2.66. The SMILES string of the molecule is CN(C)S(=O)(=O)c1cccc2c1CCN(C(=O)c1cccc(C(=O)O)n1)C2. The monoisotopic (exact) mass is 389 g/mol. The van der Waals surface area contributed by atoms with Crippen LogP contribution in [0.25, 0.3) is 0 Å². The van der Waals surface area contributed by atoms with E-state index in [9.17, 15) is 18.0 Å². The number of carboxylic acids is 1. The van der Waals surface area contributed by atoms with Gasteiger partial charge in [0.15, 0.2) is 0 Å². The van der Waals surface area contributed by atoms with Crippen molar-refractivity contribution in [3.8, 4) is 0 Å². The molecule has 9 heteroatoms. The van der Waals surface area contributed by atoms with E-state index in [0.29, 0.717) is 18.5 Å². The number of benzene rings is 1. The fourth-order valence-electron chi connectivity index (χ4n) is 3.02. The molecule has 0 radical (unpaired) electrons. The van der Waals surface area contributed by atoms with Crippen LogP contribution < -0.4 is 0 Å². The molecule has 0 saturated carbocycles. The van der Waals surface area contributed by atoms with Crippen molar-refractivity contribution < 1.29 is 23.1 Å². The molecule has 1 N–H and O–H groups in total. The topological polar surface area (TPSA) is 108 Å². The number of carbonyl (C=O) groups excluding carboxylic acids is 1.